The predicted molar refractivity (Wildman–Crippen MR) is 95.3 cm³/mol. The zero-order valence-electron chi connectivity index (χ0n) is 13.7. The smallest absolute Gasteiger partial charge is 0.308 e. The molecule has 1 fully saturated rings. The summed E-state index contributed by atoms with van der Waals surface area (Å²) in [5, 5.41) is 3.34. The summed E-state index contributed by atoms with van der Waals surface area (Å²) in [7, 11) is 1.46. The van der Waals surface area contributed by atoms with E-state index < -0.39 is 0 Å². The number of guanidine groups is 1. The van der Waals surface area contributed by atoms with Gasteiger partial charge in [0, 0.05) is 24.1 Å². The monoisotopic (exact) mass is 381 g/mol. The van der Waals surface area contributed by atoms with E-state index in [1.54, 1.807) is 0 Å². The minimum absolute atomic E-state index is 0.0178. The van der Waals surface area contributed by atoms with E-state index >= 15 is 0 Å². The van der Waals surface area contributed by atoms with Gasteiger partial charge in [-0.15, -0.1) is 0 Å². The molecule has 1 aliphatic heterocycles. The van der Waals surface area contributed by atoms with Crippen LogP contribution in [0.1, 0.15) is 25.3 Å². The van der Waals surface area contributed by atoms with Gasteiger partial charge in [-0.05, 0) is 37.5 Å². The first-order valence-corrected chi connectivity index (χ1v) is 8.79. The fraction of sp³-hybridized carbons (Fsp3) is 0.529. The van der Waals surface area contributed by atoms with Crippen LogP contribution in [-0.2, 0) is 16.1 Å². The van der Waals surface area contributed by atoms with E-state index in [0.717, 1.165) is 42.9 Å². The van der Waals surface area contributed by atoms with Gasteiger partial charge in [-0.1, -0.05) is 28.1 Å². The summed E-state index contributed by atoms with van der Waals surface area (Å²) >= 11 is 3.49. The molecule has 1 saturated heterocycles. The number of methoxy groups -OCH3 is 1. The van der Waals surface area contributed by atoms with Crippen molar-refractivity contribution in [2.75, 3.05) is 26.7 Å². The van der Waals surface area contributed by atoms with Crippen LogP contribution >= 0.6 is 15.9 Å². The number of hydrogen-bond acceptors (Lipinski definition) is 3. The highest BCUT2D eigenvalue weighted by Gasteiger charge is 2.26. The Kier molecular flexibility index (Phi) is 6.89. The lowest BCUT2D eigenvalue weighted by atomic mass is 9.97. The van der Waals surface area contributed by atoms with Gasteiger partial charge in [0.2, 0.25) is 0 Å². The zero-order chi connectivity index (χ0) is 16.7. The SMILES string of the molecule is CCNC(=NCc1cccc(Br)c1)N1CCC(C(=O)OC)CC1. The highest BCUT2D eigenvalue weighted by Crippen LogP contribution is 2.19. The van der Waals surface area contributed by atoms with Crippen molar-refractivity contribution in [3.05, 3.63) is 34.3 Å². The van der Waals surface area contributed by atoms with Crippen LogP contribution in [0.3, 0.4) is 0 Å². The van der Waals surface area contributed by atoms with Gasteiger partial charge in [-0.2, -0.15) is 0 Å². The Morgan fingerprint density at radius 3 is 2.78 bits per heavy atom. The van der Waals surface area contributed by atoms with Gasteiger partial charge in [0.05, 0.1) is 19.6 Å². The van der Waals surface area contributed by atoms with Crippen LogP contribution in [0, 0.1) is 5.92 Å². The van der Waals surface area contributed by atoms with Crippen molar-refractivity contribution in [1.29, 1.82) is 0 Å². The van der Waals surface area contributed by atoms with Crippen LogP contribution in [0.5, 0.6) is 0 Å². The second kappa shape index (κ2) is 8.91. The second-order valence-corrected chi connectivity index (χ2v) is 6.50. The fourth-order valence-corrected chi connectivity index (χ4v) is 3.17. The van der Waals surface area contributed by atoms with Crippen molar-refractivity contribution >= 4 is 27.9 Å². The number of carbonyl (C=O) groups excluding carboxylic acids is 1. The van der Waals surface area contributed by atoms with Crippen LogP contribution in [0.15, 0.2) is 33.7 Å². The summed E-state index contributed by atoms with van der Waals surface area (Å²) in [4.78, 5) is 18.6. The largest absolute Gasteiger partial charge is 0.469 e. The number of nitrogens with one attached hydrogen (secondary N) is 1. The van der Waals surface area contributed by atoms with E-state index in [1.807, 2.05) is 12.1 Å². The molecule has 0 saturated carbocycles. The Labute approximate surface area is 146 Å². The van der Waals surface area contributed by atoms with Crippen molar-refractivity contribution in [2.24, 2.45) is 10.9 Å². The number of nitrogens with zero attached hydrogens (tertiary/aromatic N) is 2. The zero-order valence-corrected chi connectivity index (χ0v) is 15.3. The predicted octanol–water partition coefficient (Wildman–Crippen LogP) is 2.80. The topological polar surface area (TPSA) is 53.9 Å². The maximum Gasteiger partial charge on any atom is 0.308 e. The van der Waals surface area contributed by atoms with E-state index in [2.05, 4.69) is 45.2 Å². The summed E-state index contributed by atoms with van der Waals surface area (Å²) in [5.41, 5.74) is 1.17. The Morgan fingerprint density at radius 1 is 1.43 bits per heavy atom. The van der Waals surface area contributed by atoms with Crippen LogP contribution < -0.4 is 5.32 Å². The number of rotatable bonds is 4. The lowest BCUT2D eigenvalue weighted by Gasteiger charge is -2.33. The molecule has 1 aromatic carbocycles. The molecule has 0 spiro atoms. The molecule has 2 rings (SSSR count). The summed E-state index contributed by atoms with van der Waals surface area (Å²) in [6.45, 7) is 5.18. The van der Waals surface area contributed by atoms with E-state index in [1.165, 1.54) is 12.7 Å². The number of esters is 1. The average molecular weight is 382 g/mol. The number of benzene rings is 1. The molecule has 0 aliphatic carbocycles. The third-order valence-corrected chi connectivity index (χ3v) is 4.46. The number of piperidine rings is 1. The molecule has 5 nitrogen and oxygen atoms in total. The van der Waals surface area contributed by atoms with Crippen LogP contribution in [0.25, 0.3) is 0 Å². The number of likely N-dealkylation sites (tertiary alicyclic amines) is 1. The molecular weight excluding hydrogens is 358 g/mol. The van der Waals surface area contributed by atoms with E-state index in [9.17, 15) is 4.79 Å². The van der Waals surface area contributed by atoms with Gasteiger partial charge in [-0.25, -0.2) is 4.99 Å². The molecule has 23 heavy (non-hydrogen) atoms. The molecule has 1 heterocycles. The number of halogens is 1. The lowest BCUT2D eigenvalue weighted by molar-refractivity contribution is -0.146. The third kappa shape index (κ3) is 5.23. The summed E-state index contributed by atoms with van der Waals surface area (Å²) in [6.07, 6.45) is 1.63. The van der Waals surface area contributed by atoms with Gasteiger partial charge < -0.3 is 15.0 Å². The molecule has 126 valence electrons. The Morgan fingerprint density at radius 2 is 2.17 bits per heavy atom. The van der Waals surface area contributed by atoms with Crippen molar-refractivity contribution in [2.45, 2.75) is 26.3 Å². The first kappa shape index (κ1) is 17.8. The molecule has 1 aliphatic rings. The molecule has 0 amide bonds. The molecule has 0 unspecified atom stereocenters. The van der Waals surface area contributed by atoms with Gasteiger partial charge in [-0.3, -0.25) is 4.79 Å². The first-order chi connectivity index (χ1) is 11.1. The van der Waals surface area contributed by atoms with E-state index in [0.29, 0.717) is 6.54 Å². The van der Waals surface area contributed by atoms with Gasteiger partial charge in [0.25, 0.3) is 0 Å². The molecule has 0 radical (unpaired) electrons. The molecule has 0 aromatic heterocycles. The van der Waals surface area contributed by atoms with Gasteiger partial charge in [0.1, 0.15) is 0 Å². The van der Waals surface area contributed by atoms with E-state index in [-0.39, 0.29) is 11.9 Å². The van der Waals surface area contributed by atoms with Crippen LogP contribution in [0.4, 0.5) is 0 Å². The second-order valence-electron chi connectivity index (χ2n) is 5.58. The Bertz CT molecular complexity index is 555. The van der Waals surface area contributed by atoms with Gasteiger partial charge >= 0.3 is 5.97 Å². The standard InChI is InChI=1S/C17H24BrN3O2/c1-3-19-17(20-12-13-5-4-6-15(18)11-13)21-9-7-14(8-10-21)16(22)23-2/h4-6,11,14H,3,7-10,12H2,1-2H3,(H,19,20). The average Bonchev–Trinajstić information content (AvgIpc) is 2.58. The Balaban J connectivity index is 1.98. The van der Waals surface area contributed by atoms with Gasteiger partial charge in [0.15, 0.2) is 5.96 Å². The minimum atomic E-state index is -0.0966. The maximum atomic E-state index is 11.6. The highest BCUT2D eigenvalue weighted by molar-refractivity contribution is 9.10. The molecule has 0 bridgehead atoms. The maximum absolute atomic E-state index is 11.6. The summed E-state index contributed by atoms with van der Waals surface area (Å²) < 4.78 is 5.91. The first-order valence-electron chi connectivity index (χ1n) is 7.99. The normalized spacial score (nSPS) is 16.3. The van der Waals surface area contributed by atoms with Crippen molar-refractivity contribution in [3.63, 3.8) is 0 Å². The third-order valence-electron chi connectivity index (χ3n) is 3.96. The molecule has 6 heteroatoms. The quantitative estimate of drug-likeness (QED) is 0.494. The lowest BCUT2D eigenvalue weighted by Crippen LogP contribution is -2.46. The van der Waals surface area contributed by atoms with Crippen molar-refractivity contribution in [3.8, 4) is 0 Å². The molecular formula is C17H24BrN3O2. The number of carbonyl (C=O) groups is 1. The van der Waals surface area contributed by atoms with Crippen molar-refractivity contribution < 1.29 is 9.53 Å². The fourth-order valence-electron chi connectivity index (χ4n) is 2.72. The number of hydrogen-bond donors (Lipinski definition) is 1. The number of ether oxygens (including phenoxy) is 1. The van der Waals surface area contributed by atoms with Crippen LogP contribution in [-0.4, -0.2) is 43.6 Å². The van der Waals surface area contributed by atoms with Crippen molar-refractivity contribution in [1.82, 2.24) is 10.2 Å². The summed E-state index contributed by atoms with van der Waals surface area (Å²) in [5.74, 6) is 0.834. The minimum Gasteiger partial charge on any atom is -0.469 e. The highest BCUT2D eigenvalue weighted by atomic mass is 79.9. The molecule has 1 aromatic rings. The van der Waals surface area contributed by atoms with E-state index in [4.69, 9.17) is 9.73 Å². The number of aliphatic imine (C=N–C) groups is 1. The van der Waals surface area contributed by atoms with Crippen LogP contribution in [0.2, 0.25) is 0 Å². The molecule has 0 atom stereocenters. The molecule has 1 N–H and O–H groups in total. The Hall–Kier alpha value is -1.56. The summed E-state index contributed by atoms with van der Waals surface area (Å²) in [6, 6.07) is 8.18.